The normalized spacial score (nSPS) is 16.7. The monoisotopic (exact) mass is 328 g/mol. The van der Waals surface area contributed by atoms with E-state index in [0.29, 0.717) is 24.5 Å². The molecule has 22 heavy (non-hydrogen) atoms. The number of carbonyl (C=O) groups excluding carboxylic acids is 1. The molecule has 7 nitrogen and oxygen atoms in total. The zero-order valence-electron chi connectivity index (χ0n) is 13.7. The number of piperidine rings is 1. The SMILES string of the molecule is Cc1nn(CC(=O)N(C)C)c(C)c1S(=O)(=O)N1CCCCC1. The van der Waals surface area contributed by atoms with Crippen molar-refractivity contribution in [2.45, 2.75) is 44.6 Å². The van der Waals surface area contributed by atoms with Crippen molar-refractivity contribution >= 4 is 15.9 Å². The van der Waals surface area contributed by atoms with Crippen molar-refractivity contribution in [3.8, 4) is 0 Å². The number of aryl methyl sites for hydroxylation is 1. The predicted molar refractivity (Wildman–Crippen MR) is 83.0 cm³/mol. The first-order chi connectivity index (χ1) is 10.2. The van der Waals surface area contributed by atoms with Crippen LogP contribution in [0, 0.1) is 13.8 Å². The van der Waals surface area contributed by atoms with Gasteiger partial charge >= 0.3 is 0 Å². The second-order valence-electron chi connectivity index (χ2n) is 5.91. The number of rotatable bonds is 4. The van der Waals surface area contributed by atoms with E-state index < -0.39 is 10.0 Å². The largest absolute Gasteiger partial charge is 0.347 e. The van der Waals surface area contributed by atoms with Crippen LogP contribution >= 0.6 is 0 Å². The first-order valence-electron chi connectivity index (χ1n) is 7.49. The Morgan fingerprint density at radius 2 is 1.77 bits per heavy atom. The summed E-state index contributed by atoms with van der Waals surface area (Å²) in [6.07, 6.45) is 2.86. The van der Waals surface area contributed by atoms with Crippen molar-refractivity contribution in [2.24, 2.45) is 0 Å². The van der Waals surface area contributed by atoms with Crippen LogP contribution in [-0.2, 0) is 21.4 Å². The summed E-state index contributed by atoms with van der Waals surface area (Å²) in [5.41, 5.74) is 0.980. The molecule has 0 N–H and O–H groups in total. The molecular weight excluding hydrogens is 304 g/mol. The lowest BCUT2D eigenvalue weighted by Gasteiger charge is -2.26. The van der Waals surface area contributed by atoms with Crippen LogP contribution in [-0.4, -0.2) is 60.5 Å². The number of amides is 1. The van der Waals surface area contributed by atoms with Gasteiger partial charge in [-0.3, -0.25) is 9.48 Å². The van der Waals surface area contributed by atoms with Crippen molar-refractivity contribution < 1.29 is 13.2 Å². The Morgan fingerprint density at radius 1 is 1.18 bits per heavy atom. The van der Waals surface area contributed by atoms with Crippen LogP contribution in [0.1, 0.15) is 30.7 Å². The molecule has 2 heterocycles. The Balaban J connectivity index is 2.35. The van der Waals surface area contributed by atoms with E-state index in [1.54, 1.807) is 27.9 Å². The number of likely N-dealkylation sites (N-methyl/N-ethyl adjacent to an activating group) is 1. The fourth-order valence-corrected chi connectivity index (χ4v) is 4.60. The third-order valence-corrected chi connectivity index (χ3v) is 6.16. The molecule has 0 bridgehead atoms. The molecule has 0 unspecified atom stereocenters. The molecule has 1 saturated heterocycles. The molecule has 1 aromatic heterocycles. The molecule has 0 atom stereocenters. The number of aromatic nitrogens is 2. The van der Waals surface area contributed by atoms with E-state index in [0.717, 1.165) is 19.3 Å². The molecule has 1 amide bonds. The lowest BCUT2D eigenvalue weighted by Crippen LogP contribution is -2.36. The minimum atomic E-state index is -3.53. The molecule has 1 aliphatic rings. The first-order valence-corrected chi connectivity index (χ1v) is 8.93. The Bertz CT molecular complexity index is 658. The van der Waals surface area contributed by atoms with E-state index in [9.17, 15) is 13.2 Å². The van der Waals surface area contributed by atoms with Gasteiger partial charge in [-0.2, -0.15) is 9.40 Å². The zero-order valence-corrected chi connectivity index (χ0v) is 14.5. The van der Waals surface area contributed by atoms with Crippen LogP contribution in [0.15, 0.2) is 4.90 Å². The van der Waals surface area contributed by atoms with Gasteiger partial charge in [0, 0.05) is 27.2 Å². The van der Waals surface area contributed by atoms with Crippen molar-refractivity contribution in [3.63, 3.8) is 0 Å². The highest BCUT2D eigenvalue weighted by Crippen LogP contribution is 2.26. The molecule has 0 aromatic carbocycles. The smallest absolute Gasteiger partial charge is 0.246 e. The summed E-state index contributed by atoms with van der Waals surface area (Å²) in [7, 11) is -0.201. The Hall–Kier alpha value is -1.41. The third-order valence-electron chi connectivity index (χ3n) is 4.01. The van der Waals surface area contributed by atoms with Gasteiger partial charge in [-0.05, 0) is 26.7 Å². The van der Waals surface area contributed by atoms with Crippen LogP contribution < -0.4 is 0 Å². The second-order valence-corrected chi connectivity index (χ2v) is 7.79. The quantitative estimate of drug-likeness (QED) is 0.818. The first kappa shape index (κ1) is 17.0. The summed E-state index contributed by atoms with van der Waals surface area (Å²) < 4.78 is 28.7. The van der Waals surface area contributed by atoms with Gasteiger partial charge in [0.1, 0.15) is 11.4 Å². The van der Waals surface area contributed by atoms with Crippen molar-refractivity contribution in [3.05, 3.63) is 11.4 Å². The molecule has 8 heteroatoms. The van der Waals surface area contributed by atoms with E-state index in [2.05, 4.69) is 5.10 Å². The van der Waals surface area contributed by atoms with Crippen molar-refractivity contribution in [1.82, 2.24) is 19.0 Å². The predicted octanol–water partition coefficient (Wildman–Crippen LogP) is 0.763. The minimum absolute atomic E-state index is 0.0508. The highest BCUT2D eigenvalue weighted by Gasteiger charge is 2.32. The molecule has 0 spiro atoms. The van der Waals surface area contributed by atoms with Crippen molar-refractivity contribution in [1.29, 1.82) is 0 Å². The van der Waals surface area contributed by atoms with Crippen molar-refractivity contribution in [2.75, 3.05) is 27.2 Å². The number of nitrogens with zero attached hydrogens (tertiary/aromatic N) is 4. The lowest BCUT2D eigenvalue weighted by atomic mass is 10.2. The molecule has 0 saturated carbocycles. The molecule has 1 aromatic rings. The Kier molecular flexibility index (Phi) is 4.91. The van der Waals surface area contributed by atoms with Gasteiger partial charge in [-0.25, -0.2) is 8.42 Å². The summed E-state index contributed by atoms with van der Waals surface area (Å²) in [5.74, 6) is -0.118. The van der Waals surface area contributed by atoms with Gasteiger partial charge < -0.3 is 4.90 Å². The summed E-state index contributed by atoms with van der Waals surface area (Å²) in [6.45, 7) is 4.56. The van der Waals surface area contributed by atoms with Gasteiger partial charge in [0.15, 0.2) is 0 Å². The van der Waals surface area contributed by atoms with Gasteiger partial charge in [0.25, 0.3) is 0 Å². The number of carbonyl (C=O) groups is 1. The fourth-order valence-electron chi connectivity index (χ4n) is 2.71. The molecule has 1 fully saturated rings. The van der Waals surface area contributed by atoms with Gasteiger partial charge in [-0.15, -0.1) is 0 Å². The molecule has 124 valence electrons. The summed E-state index contributed by atoms with van der Waals surface area (Å²) in [5, 5.41) is 4.26. The standard InChI is InChI=1S/C14H24N4O3S/c1-11-14(22(20,21)17-8-6-5-7-9-17)12(2)18(15-11)10-13(19)16(3)4/h5-10H2,1-4H3. The Labute approximate surface area is 131 Å². The summed E-state index contributed by atoms with van der Waals surface area (Å²) in [6, 6.07) is 0. The van der Waals surface area contributed by atoms with E-state index in [4.69, 9.17) is 0 Å². The molecular formula is C14H24N4O3S. The number of sulfonamides is 1. The zero-order chi connectivity index (χ0) is 16.5. The van der Waals surface area contributed by atoms with Gasteiger partial charge in [-0.1, -0.05) is 6.42 Å². The number of hydrogen-bond acceptors (Lipinski definition) is 4. The van der Waals surface area contributed by atoms with Crippen LogP contribution in [0.5, 0.6) is 0 Å². The van der Waals surface area contributed by atoms with E-state index in [1.165, 1.54) is 13.9 Å². The maximum Gasteiger partial charge on any atom is 0.246 e. The van der Waals surface area contributed by atoms with Crippen LogP contribution in [0.4, 0.5) is 0 Å². The maximum absolute atomic E-state index is 12.8. The van der Waals surface area contributed by atoms with Crippen LogP contribution in [0.25, 0.3) is 0 Å². The summed E-state index contributed by atoms with van der Waals surface area (Å²) >= 11 is 0. The third kappa shape index (κ3) is 3.17. The van der Waals surface area contributed by atoms with Crippen LogP contribution in [0.2, 0.25) is 0 Å². The average molecular weight is 328 g/mol. The highest BCUT2D eigenvalue weighted by molar-refractivity contribution is 7.89. The van der Waals surface area contributed by atoms with E-state index in [1.807, 2.05) is 0 Å². The second kappa shape index (κ2) is 6.37. The van der Waals surface area contributed by atoms with E-state index >= 15 is 0 Å². The van der Waals surface area contributed by atoms with E-state index in [-0.39, 0.29) is 17.3 Å². The van der Waals surface area contributed by atoms with Gasteiger partial charge in [0.2, 0.25) is 15.9 Å². The highest BCUT2D eigenvalue weighted by atomic mass is 32.2. The fraction of sp³-hybridized carbons (Fsp3) is 0.714. The minimum Gasteiger partial charge on any atom is -0.347 e. The van der Waals surface area contributed by atoms with Gasteiger partial charge in [0.05, 0.1) is 11.4 Å². The molecule has 0 aliphatic carbocycles. The summed E-state index contributed by atoms with van der Waals surface area (Å²) in [4.78, 5) is 13.6. The molecule has 0 radical (unpaired) electrons. The molecule has 2 rings (SSSR count). The van der Waals surface area contributed by atoms with Crippen LogP contribution in [0.3, 0.4) is 0 Å². The average Bonchev–Trinajstić information content (AvgIpc) is 2.74. The topological polar surface area (TPSA) is 75.5 Å². The Morgan fingerprint density at radius 3 is 2.32 bits per heavy atom. The molecule has 1 aliphatic heterocycles. The number of hydrogen-bond donors (Lipinski definition) is 0. The maximum atomic E-state index is 12.8. The lowest BCUT2D eigenvalue weighted by molar-refractivity contribution is -0.129.